The summed E-state index contributed by atoms with van der Waals surface area (Å²) in [5, 5.41) is 3.22. The summed E-state index contributed by atoms with van der Waals surface area (Å²) < 4.78 is 0. The number of rotatable bonds is 2. The lowest BCUT2D eigenvalue weighted by atomic mass is 9.83. The van der Waals surface area contributed by atoms with Crippen LogP contribution in [0.2, 0.25) is 0 Å². The maximum absolute atomic E-state index is 13.0. The first-order valence-corrected chi connectivity index (χ1v) is 9.64. The fourth-order valence-corrected chi connectivity index (χ4v) is 4.49. The van der Waals surface area contributed by atoms with Gasteiger partial charge in [0.05, 0.1) is 0 Å². The Bertz CT molecular complexity index is 569. The van der Waals surface area contributed by atoms with Crippen LogP contribution < -0.4 is 5.32 Å². The Morgan fingerprint density at radius 2 is 1.75 bits per heavy atom. The summed E-state index contributed by atoms with van der Waals surface area (Å²) >= 11 is 0. The van der Waals surface area contributed by atoms with Crippen molar-refractivity contribution < 1.29 is 4.79 Å². The molecule has 1 N–H and O–H groups in total. The average molecular weight is 329 g/mol. The number of hydrogen-bond donors (Lipinski definition) is 1. The van der Waals surface area contributed by atoms with Gasteiger partial charge in [-0.2, -0.15) is 0 Å². The first-order valence-electron chi connectivity index (χ1n) is 9.64. The second-order valence-corrected chi connectivity index (χ2v) is 8.53. The van der Waals surface area contributed by atoms with E-state index in [-0.39, 0.29) is 11.4 Å². The van der Waals surface area contributed by atoms with E-state index in [9.17, 15) is 4.79 Å². The van der Waals surface area contributed by atoms with Crippen molar-refractivity contribution in [1.82, 2.24) is 4.90 Å². The van der Waals surface area contributed by atoms with E-state index in [1.165, 1.54) is 44.1 Å². The van der Waals surface area contributed by atoms with Crippen molar-refractivity contribution in [2.75, 3.05) is 11.9 Å². The Kier molecular flexibility index (Phi) is 5.17. The van der Waals surface area contributed by atoms with Crippen molar-refractivity contribution in [2.24, 2.45) is 5.92 Å². The molecule has 1 heterocycles. The molecule has 0 spiro atoms. The van der Waals surface area contributed by atoms with Gasteiger partial charge in [0, 0.05) is 18.3 Å². The molecule has 0 aromatic heterocycles. The van der Waals surface area contributed by atoms with Gasteiger partial charge in [0.2, 0.25) is 0 Å². The monoisotopic (exact) mass is 328 g/mol. The number of nitrogens with one attached hydrogen (secondary N) is 1. The Hall–Kier alpha value is -1.51. The summed E-state index contributed by atoms with van der Waals surface area (Å²) in [5.74, 6) is 0.713. The van der Waals surface area contributed by atoms with E-state index in [1.54, 1.807) is 0 Å². The zero-order valence-corrected chi connectivity index (χ0v) is 15.5. The van der Waals surface area contributed by atoms with Crippen LogP contribution in [-0.4, -0.2) is 23.5 Å². The van der Waals surface area contributed by atoms with Crippen LogP contribution in [0.5, 0.6) is 0 Å². The molecule has 1 unspecified atom stereocenters. The number of likely N-dealkylation sites (tertiary alicyclic amines) is 1. The molecule has 132 valence electrons. The second kappa shape index (κ2) is 7.16. The fraction of sp³-hybridized carbons (Fsp3) is 0.667. The highest BCUT2D eigenvalue weighted by atomic mass is 16.2. The van der Waals surface area contributed by atoms with Gasteiger partial charge >= 0.3 is 6.03 Å². The molecular weight excluding hydrogens is 296 g/mol. The molecule has 2 amide bonds. The minimum absolute atomic E-state index is 0.0255. The Morgan fingerprint density at radius 3 is 2.46 bits per heavy atom. The molecule has 3 nitrogen and oxygen atoms in total. The molecule has 2 aliphatic rings. The third-order valence-corrected chi connectivity index (χ3v) is 5.73. The van der Waals surface area contributed by atoms with Crippen LogP contribution in [0.25, 0.3) is 0 Å². The van der Waals surface area contributed by atoms with Crippen molar-refractivity contribution in [3.63, 3.8) is 0 Å². The lowest BCUT2D eigenvalue weighted by Crippen LogP contribution is -2.43. The van der Waals surface area contributed by atoms with Gasteiger partial charge in [-0.25, -0.2) is 4.79 Å². The highest BCUT2D eigenvalue weighted by Gasteiger charge is 2.35. The van der Waals surface area contributed by atoms with Crippen molar-refractivity contribution in [1.29, 1.82) is 0 Å². The number of amides is 2. The molecule has 1 aliphatic carbocycles. The predicted octanol–water partition coefficient (Wildman–Crippen LogP) is 5.56. The van der Waals surface area contributed by atoms with Crippen molar-refractivity contribution in [2.45, 2.75) is 77.2 Å². The standard InChI is InChI=1S/C21H32N2O/c1-21(2,3)17-12-7-8-13-18(17)22-20(24)23-15-9-14-19(23)16-10-5-4-6-11-16/h7-8,12-13,16,19H,4-6,9-11,14-15H2,1-3H3,(H,22,24). The van der Waals surface area contributed by atoms with Crippen molar-refractivity contribution >= 4 is 11.7 Å². The van der Waals surface area contributed by atoms with E-state index in [1.807, 2.05) is 12.1 Å². The van der Waals surface area contributed by atoms with Gasteiger partial charge in [-0.1, -0.05) is 58.2 Å². The number of benzene rings is 1. The number of nitrogens with zero attached hydrogens (tertiary/aromatic N) is 1. The van der Waals surface area contributed by atoms with Crippen molar-refractivity contribution in [3.05, 3.63) is 29.8 Å². The molecule has 0 bridgehead atoms. The number of carbonyl (C=O) groups excluding carboxylic acids is 1. The number of anilines is 1. The van der Waals surface area contributed by atoms with Crippen LogP contribution in [0, 0.1) is 5.92 Å². The molecule has 3 heteroatoms. The van der Waals surface area contributed by atoms with Crippen LogP contribution in [0.1, 0.15) is 71.3 Å². The number of urea groups is 1. The molecule has 1 aromatic rings. The third kappa shape index (κ3) is 3.76. The number of para-hydroxylation sites is 1. The molecule has 1 atom stereocenters. The zero-order valence-electron chi connectivity index (χ0n) is 15.5. The molecule has 1 saturated carbocycles. The predicted molar refractivity (Wildman–Crippen MR) is 100 cm³/mol. The number of hydrogen-bond acceptors (Lipinski definition) is 1. The molecular formula is C21H32N2O. The normalized spacial score (nSPS) is 22.6. The summed E-state index contributed by atoms with van der Waals surface area (Å²) in [7, 11) is 0. The molecule has 24 heavy (non-hydrogen) atoms. The van der Waals surface area contributed by atoms with E-state index in [4.69, 9.17) is 0 Å². The Morgan fingerprint density at radius 1 is 1.04 bits per heavy atom. The maximum Gasteiger partial charge on any atom is 0.322 e. The van der Waals surface area contributed by atoms with Crippen LogP contribution >= 0.6 is 0 Å². The van der Waals surface area contributed by atoms with E-state index in [0.717, 1.165) is 18.7 Å². The van der Waals surface area contributed by atoms with E-state index in [2.05, 4.69) is 43.1 Å². The zero-order chi connectivity index (χ0) is 17.2. The minimum Gasteiger partial charge on any atom is -0.321 e. The maximum atomic E-state index is 13.0. The van der Waals surface area contributed by atoms with E-state index in [0.29, 0.717) is 12.0 Å². The first kappa shape index (κ1) is 17.3. The largest absolute Gasteiger partial charge is 0.322 e. The average Bonchev–Trinajstić information content (AvgIpc) is 3.05. The van der Waals surface area contributed by atoms with Gasteiger partial charge in [-0.3, -0.25) is 0 Å². The topological polar surface area (TPSA) is 32.3 Å². The molecule has 1 aromatic carbocycles. The Balaban J connectivity index is 1.73. The second-order valence-electron chi connectivity index (χ2n) is 8.53. The molecule has 1 aliphatic heterocycles. The van der Waals surface area contributed by atoms with Crippen molar-refractivity contribution in [3.8, 4) is 0 Å². The molecule has 1 saturated heterocycles. The highest BCUT2D eigenvalue weighted by molar-refractivity contribution is 5.90. The fourth-order valence-electron chi connectivity index (χ4n) is 4.49. The SMILES string of the molecule is CC(C)(C)c1ccccc1NC(=O)N1CCCC1C1CCCCC1. The molecule has 0 radical (unpaired) electrons. The van der Waals surface area contributed by atoms with Crippen LogP contribution in [0.4, 0.5) is 10.5 Å². The summed E-state index contributed by atoms with van der Waals surface area (Å²) in [6.45, 7) is 7.49. The van der Waals surface area contributed by atoms with E-state index >= 15 is 0 Å². The summed E-state index contributed by atoms with van der Waals surface area (Å²) in [6.07, 6.45) is 8.97. The molecule has 3 rings (SSSR count). The summed E-state index contributed by atoms with van der Waals surface area (Å²) in [5.41, 5.74) is 2.19. The van der Waals surface area contributed by atoms with Gasteiger partial charge in [-0.05, 0) is 48.6 Å². The first-order chi connectivity index (χ1) is 11.5. The quantitative estimate of drug-likeness (QED) is 0.757. The number of carbonyl (C=O) groups is 1. The van der Waals surface area contributed by atoms with Gasteiger partial charge in [-0.15, -0.1) is 0 Å². The lowest BCUT2D eigenvalue weighted by molar-refractivity contribution is 0.166. The van der Waals surface area contributed by atoms with Gasteiger partial charge < -0.3 is 10.2 Å². The van der Waals surface area contributed by atoms with Crippen LogP contribution in [-0.2, 0) is 5.41 Å². The lowest BCUT2D eigenvalue weighted by Gasteiger charge is -2.34. The third-order valence-electron chi connectivity index (χ3n) is 5.73. The van der Waals surface area contributed by atoms with Gasteiger partial charge in [0.1, 0.15) is 0 Å². The Labute approximate surface area is 146 Å². The van der Waals surface area contributed by atoms with Gasteiger partial charge in [0.15, 0.2) is 0 Å². The summed E-state index contributed by atoms with van der Waals surface area (Å²) in [6, 6.07) is 8.76. The summed E-state index contributed by atoms with van der Waals surface area (Å²) in [4.78, 5) is 15.1. The molecule has 2 fully saturated rings. The van der Waals surface area contributed by atoms with Crippen LogP contribution in [0.3, 0.4) is 0 Å². The smallest absolute Gasteiger partial charge is 0.321 e. The van der Waals surface area contributed by atoms with Gasteiger partial charge in [0.25, 0.3) is 0 Å². The highest BCUT2D eigenvalue weighted by Crippen LogP contribution is 2.35. The van der Waals surface area contributed by atoms with Crippen LogP contribution in [0.15, 0.2) is 24.3 Å². The van der Waals surface area contributed by atoms with E-state index < -0.39 is 0 Å². The minimum atomic E-state index is 0.0255.